The number of hydrogen-bond acceptors (Lipinski definition) is 5. The summed E-state index contributed by atoms with van der Waals surface area (Å²) in [5, 5.41) is 15.2. The molecule has 1 unspecified atom stereocenters. The minimum atomic E-state index is 0.0990. The van der Waals surface area contributed by atoms with Crippen molar-refractivity contribution >= 4 is 29.0 Å². The van der Waals surface area contributed by atoms with Crippen LogP contribution < -0.4 is 15.1 Å². The standard InChI is InChI=1S/C26H27ClN4O2/c1-17-16-30(13-11-28-17)24-15-19(9-10-29-24)21-5-2-4-20(26(21)33)18-7-8-23(22(27)14-18)31-12-3-6-25(31)32/h2,4-5,7-10,14-15,17,28,33H,3,6,11-13,16H2,1H3. The fourth-order valence-corrected chi connectivity index (χ4v) is 4.99. The number of nitrogens with zero attached hydrogens (tertiary/aromatic N) is 3. The number of hydrogen-bond donors (Lipinski definition) is 2. The SMILES string of the molecule is CC1CN(c2cc(-c3cccc(-c4ccc(N5CCCC5=O)c(Cl)c4)c3O)ccn2)CCN1. The van der Waals surface area contributed by atoms with E-state index in [4.69, 9.17) is 11.6 Å². The maximum absolute atomic E-state index is 12.1. The van der Waals surface area contributed by atoms with Gasteiger partial charge < -0.3 is 20.2 Å². The molecule has 0 saturated carbocycles. The number of anilines is 2. The van der Waals surface area contributed by atoms with Gasteiger partial charge in [-0.2, -0.15) is 0 Å². The summed E-state index contributed by atoms with van der Waals surface area (Å²) in [6.07, 6.45) is 3.20. The van der Waals surface area contributed by atoms with Gasteiger partial charge >= 0.3 is 0 Å². The van der Waals surface area contributed by atoms with Crippen LogP contribution in [0.5, 0.6) is 5.75 Å². The lowest BCUT2D eigenvalue weighted by molar-refractivity contribution is -0.117. The normalized spacial score (nSPS) is 18.7. The number of carbonyl (C=O) groups is 1. The molecule has 0 aliphatic carbocycles. The first-order valence-corrected chi connectivity index (χ1v) is 11.8. The van der Waals surface area contributed by atoms with E-state index in [2.05, 4.69) is 22.1 Å². The molecule has 170 valence electrons. The number of aromatic hydroxyl groups is 1. The fourth-order valence-electron chi connectivity index (χ4n) is 4.70. The minimum Gasteiger partial charge on any atom is -0.507 e. The van der Waals surface area contributed by atoms with Crippen molar-refractivity contribution in [3.8, 4) is 28.0 Å². The predicted molar refractivity (Wildman–Crippen MR) is 133 cm³/mol. The highest BCUT2D eigenvalue weighted by Crippen LogP contribution is 2.41. The van der Waals surface area contributed by atoms with Gasteiger partial charge in [-0.25, -0.2) is 4.98 Å². The molecule has 0 spiro atoms. The van der Waals surface area contributed by atoms with Crippen LogP contribution in [0.3, 0.4) is 0 Å². The van der Waals surface area contributed by atoms with Gasteiger partial charge in [0.2, 0.25) is 5.91 Å². The van der Waals surface area contributed by atoms with Crippen molar-refractivity contribution in [2.75, 3.05) is 36.0 Å². The van der Waals surface area contributed by atoms with Crippen LogP contribution in [0.1, 0.15) is 19.8 Å². The monoisotopic (exact) mass is 462 g/mol. The third-order valence-electron chi connectivity index (χ3n) is 6.41. The smallest absolute Gasteiger partial charge is 0.227 e. The van der Waals surface area contributed by atoms with Gasteiger partial charge in [-0.1, -0.05) is 35.9 Å². The van der Waals surface area contributed by atoms with Crippen molar-refractivity contribution in [2.24, 2.45) is 0 Å². The van der Waals surface area contributed by atoms with Crippen molar-refractivity contribution in [2.45, 2.75) is 25.8 Å². The Morgan fingerprint density at radius 2 is 1.88 bits per heavy atom. The molecule has 7 heteroatoms. The summed E-state index contributed by atoms with van der Waals surface area (Å²) in [6.45, 7) is 5.58. The van der Waals surface area contributed by atoms with Crippen LogP contribution in [0, 0.1) is 0 Å². The van der Waals surface area contributed by atoms with E-state index in [1.54, 1.807) is 11.1 Å². The van der Waals surface area contributed by atoms with Gasteiger partial charge in [-0.15, -0.1) is 0 Å². The molecule has 3 heterocycles. The van der Waals surface area contributed by atoms with Crippen LogP contribution in [-0.4, -0.2) is 48.2 Å². The highest BCUT2D eigenvalue weighted by Gasteiger charge is 2.24. The number of aromatic nitrogens is 1. The molecule has 2 aliphatic heterocycles. The molecule has 3 aromatic rings. The molecule has 2 saturated heterocycles. The van der Waals surface area contributed by atoms with E-state index in [1.807, 2.05) is 48.5 Å². The van der Waals surface area contributed by atoms with E-state index in [1.165, 1.54) is 0 Å². The molecular weight excluding hydrogens is 436 g/mol. The lowest BCUT2D eigenvalue weighted by Gasteiger charge is -2.32. The van der Waals surface area contributed by atoms with Crippen molar-refractivity contribution in [1.82, 2.24) is 10.3 Å². The maximum Gasteiger partial charge on any atom is 0.227 e. The molecule has 1 aromatic heterocycles. The van der Waals surface area contributed by atoms with Gasteiger partial charge in [0.25, 0.3) is 0 Å². The van der Waals surface area contributed by atoms with Crippen LogP contribution in [0.15, 0.2) is 54.7 Å². The number of para-hydroxylation sites is 1. The van der Waals surface area contributed by atoms with Crippen LogP contribution in [-0.2, 0) is 4.79 Å². The Kier molecular flexibility index (Phi) is 5.96. The number of benzene rings is 2. The highest BCUT2D eigenvalue weighted by molar-refractivity contribution is 6.34. The second-order valence-electron chi connectivity index (χ2n) is 8.72. The number of carbonyl (C=O) groups excluding carboxylic acids is 1. The van der Waals surface area contributed by atoms with E-state index in [-0.39, 0.29) is 11.7 Å². The van der Waals surface area contributed by atoms with Gasteiger partial charge in [0, 0.05) is 56.0 Å². The molecule has 2 fully saturated rings. The average molecular weight is 463 g/mol. The number of piperazine rings is 1. The average Bonchev–Trinajstić information content (AvgIpc) is 3.25. The summed E-state index contributed by atoms with van der Waals surface area (Å²) in [6, 6.07) is 15.7. The number of nitrogens with one attached hydrogen (secondary N) is 1. The number of halogens is 1. The highest BCUT2D eigenvalue weighted by atomic mass is 35.5. The molecule has 1 amide bonds. The molecule has 2 aliphatic rings. The first kappa shape index (κ1) is 21.7. The molecule has 2 aromatic carbocycles. The number of amides is 1. The van der Waals surface area contributed by atoms with Crippen molar-refractivity contribution < 1.29 is 9.90 Å². The number of rotatable bonds is 4. The Bertz CT molecular complexity index is 1200. The van der Waals surface area contributed by atoms with Crippen LogP contribution in [0.25, 0.3) is 22.3 Å². The van der Waals surface area contributed by atoms with Gasteiger partial charge in [-0.3, -0.25) is 4.79 Å². The molecule has 5 rings (SSSR count). The molecule has 2 N–H and O–H groups in total. The number of pyridine rings is 1. The zero-order chi connectivity index (χ0) is 22.9. The van der Waals surface area contributed by atoms with Gasteiger partial charge in [0.15, 0.2) is 0 Å². The van der Waals surface area contributed by atoms with Crippen molar-refractivity contribution in [1.29, 1.82) is 0 Å². The summed E-state index contributed by atoms with van der Waals surface area (Å²) in [7, 11) is 0. The largest absolute Gasteiger partial charge is 0.507 e. The first-order valence-electron chi connectivity index (χ1n) is 11.4. The first-order chi connectivity index (χ1) is 16.0. The Hall–Kier alpha value is -3.09. The van der Waals surface area contributed by atoms with Gasteiger partial charge in [0.05, 0.1) is 10.7 Å². The summed E-state index contributed by atoms with van der Waals surface area (Å²) < 4.78 is 0. The molecule has 6 nitrogen and oxygen atoms in total. The lowest BCUT2D eigenvalue weighted by atomic mass is 9.97. The van der Waals surface area contributed by atoms with Crippen LogP contribution in [0.2, 0.25) is 5.02 Å². The lowest BCUT2D eigenvalue weighted by Crippen LogP contribution is -2.49. The van der Waals surface area contributed by atoms with Crippen molar-refractivity contribution in [3.63, 3.8) is 0 Å². The minimum absolute atomic E-state index is 0.0990. The molecule has 33 heavy (non-hydrogen) atoms. The second kappa shape index (κ2) is 9.04. The zero-order valence-electron chi connectivity index (χ0n) is 18.6. The quantitative estimate of drug-likeness (QED) is 0.588. The predicted octanol–water partition coefficient (Wildman–Crippen LogP) is 4.70. The summed E-state index contributed by atoms with van der Waals surface area (Å²) in [4.78, 5) is 20.7. The third-order valence-corrected chi connectivity index (χ3v) is 6.71. The Morgan fingerprint density at radius 3 is 2.58 bits per heavy atom. The van der Waals surface area contributed by atoms with E-state index in [9.17, 15) is 9.90 Å². The summed E-state index contributed by atoms with van der Waals surface area (Å²) in [5.41, 5.74) is 3.88. The van der Waals surface area contributed by atoms with E-state index >= 15 is 0 Å². The molecule has 0 bridgehead atoms. The van der Waals surface area contributed by atoms with Crippen molar-refractivity contribution in [3.05, 3.63) is 59.8 Å². The van der Waals surface area contributed by atoms with E-state index in [0.717, 1.165) is 54.3 Å². The van der Waals surface area contributed by atoms with E-state index < -0.39 is 0 Å². The molecular formula is C26H27ClN4O2. The third kappa shape index (κ3) is 4.28. The number of phenolic OH excluding ortho intramolecular Hbond substituents is 1. The van der Waals surface area contributed by atoms with Gasteiger partial charge in [0.1, 0.15) is 11.6 Å². The van der Waals surface area contributed by atoms with Crippen LogP contribution >= 0.6 is 11.6 Å². The molecule has 0 radical (unpaired) electrons. The fraction of sp³-hybridized carbons (Fsp3) is 0.308. The summed E-state index contributed by atoms with van der Waals surface area (Å²) >= 11 is 6.56. The Labute approximate surface area is 198 Å². The molecule has 1 atom stereocenters. The topological polar surface area (TPSA) is 68.7 Å². The second-order valence-corrected chi connectivity index (χ2v) is 9.13. The number of phenols is 1. The van der Waals surface area contributed by atoms with Crippen LogP contribution in [0.4, 0.5) is 11.5 Å². The Balaban J connectivity index is 1.47. The van der Waals surface area contributed by atoms with E-state index in [0.29, 0.717) is 29.6 Å². The van der Waals surface area contributed by atoms with Gasteiger partial charge in [-0.05, 0) is 48.7 Å². The zero-order valence-corrected chi connectivity index (χ0v) is 19.3. The maximum atomic E-state index is 12.1. The summed E-state index contributed by atoms with van der Waals surface area (Å²) in [5.74, 6) is 1.21. The Morgan fingerprint density at radius 1 is 1.09 bits per heavy atom.